The summed E-state index contributed by atoms with van der Waals surface area (Å²) in [6.07, 6.45) is 0. The van der Waals surface area contributed by atoms with Gasteiger partial charge in [0.1, 0.15) is 5.75 Å². The van der Waals surface area contributed by atoms with Crippen LogP contribution in [0.1, 0.15) is 17.3 Å². The quantitative estimate of drug-likeness (QED) is 0.766. The highest BCUT2D eigenvalue weighted by Crippen LogP contribution is 2.34. The van der Waals surface area contributed by atoms with Crippen LogP contribution in [-0.2, 0) is 0 Å². The van der Waals surface area contributed by atoms with Gasteiger partial charge < -0.3 is 25.3 Å². The van der Waals surface area contributed by atoms with Gasteiger partial charge in [-0.25, -0.2) is 0 Å². The maximum atomic E-state index is 12.2. The number of carbonyl (C=O) groups is 1. The number of benzene rings is 1. The maximum absolute atomic E-state index is 12.2. The molecule has 0 saturated heterocycles. The van der Waals surface area contributed by atoms with E-state index in [4.69, 9.17) is 32.2 Å². The zero-order valence-electron chi connectivity index (χ0n) is 11.9. The molecule has 0 bridgehead atoms. The summed E-state index contributed by atoms with van der Waals surface area (Å²) in [6, 6.07) is 2.70. The van der Waals surface area contributed by atoms with Gasteiger partial charge in [-0.3, -0.25) is 4.79 Å². The lowest BCUT2D eigenvalue weighted by molar-refractivity contribution is 0.0946. The third-order valence-electron chi connectivity index (χ3n) is 2.72. The topological polar surface area (TPSA) is 82.8 Å². The van der Waals surface area contributed by atoms with Gasteiger partial charge in [-0.15, -0.1) is 0 Å². The summed E-state index contributed by atoms with van der Waals surface area (Å²) in [5.41, 5.74) is 5.79. The van der Waals surface area contributed by atoms with Crippen LogP contribution in [0.25, 0.3) is 0 Å². The van der Waals surface area contributed by atoms with Crippen LogP contribution < -0.4 is 25.3 Å². The molecule has 0 heterocycles. The normalized spacial score (nSPS) is 11.4. The molecule has 1 atom stereocenters. The van der Waals surface area contributed by atoms with E-state index in [0.717, 1.165) is 0 Å². The Balaban J connectivity index is 3.15. The van der Waals surface area contributed by atoms with E-state index < -0.39 is 6.04 Å². The van der Waals surface area contributed by atoms with E-state index >= 15 is 0 Å². The second-order valence-corrected chi connectivity index (χ2v) is 4.48. The SMILES string of the molecule is COc1cc(OC)c(C(=O)NC(C)C(N)=S)cc1OC. The number of nitrogens with two attached hydrogens (primary N) is 1. The average Bonchev–Trinajstić information content (AvgIpc) is 2.45. The molecule has 110 valence electrons. The largest absolute Gasteiger partial charge is 0.496 e. The molecule has 1 aromatic carbocycles. The van der Waals surface area contributed by atoms with E-state index in [-0.39, 0.29) is 10.9 Å². The van der Waals surface area contributed by atoms with Crippen LogP contribution in [-0.4, -0.2) is 38.3 Å². The highest BCUT2D eigenvalue weighted by atomic mass is 32.1. The lowest BCUT2D eigenvalue weighted by Crippen LogP contribution is -2.41. The molecule has 1 aromatic rings. The van der Waals surface area contributed by atoms with Gasteiger partial charge in [-0.05, 0) is 6.92 Å². The molecular weight excluding hydrogens is 280 g/mol. The van der Waals surface area contributed by atoms with E-state index in [9.17, 15) is 4.79 Å². The Bertz CT molecular complexity index is 519. The monoisotopic (exact) mass is 298 g/mol. The van der Waals surface area contributed by atoms with Gasteiger partial charge in [-0.2, -0.15) is 0 Å². The van der Waals surface area contributed by atoms with Crippen molar-refractivity contribution in [1.82, 2.24) is 5.32 Å². The number of hydrogen-bond donors (Lipinski definition) is 2. The van der Waals surface area contributed by atoms with Crippen molar-refractivity contribution in [3.05, 3.63) is 17.7 Å². The minimum Gasteiger partial charge on any atom is -0.496 e. The van der Waals surface area contributed by atoms with Crippen LogP contribution in [0.4, 0.5) is 0 Å². The molecule has 3 N–H and O–H groups in total. The van der Waals surface area contributed by atoms with Crippen molar-refractivity contribution in [2.24, 2.45) is 5.73 Å². The molecule has 0 aliphatic rings. The summed E-state index contributed by atoms with van der Waals surface area (Å²) in [5.74, 6) is 0.920. The fraction of sp³-hybridized carbons (Fsp3) is 0.385. The molecule has 6 nitrogen and oxygen atoms in total. The Morgan fingerprint density at radius 2 is 1.65 bits per heavy atom. The highest BCUT2D eigenvalue weighted by molar-refractivity contribution is 7.80. The zero-order valence-corrected chi connectivity index (χ0v) is 12.7. The number of ether oxygens (including phenoxy) is 3. The van der Waals surface area contributed by atoms with E-state index in [0.29, 0.717) is 22.8 Å². The number of nitrogens with one attached hydrogen (secondary N) is 1. The van der Waals surface area contributed by atoms with Crippen LogP contribution in [0.15, 0.2) is 12.1 Å². The van der Waals surface area contributed by atoms with E-state index in [2.05, 4.69) is 5.32 Å². The molecule has 0 radical (unpaired) electrons. The first-order chi connectivity index (χ1) is 9.44. The summed E-state index contributed by atoms with van der Waals surface area (Å²) in [4.78, 5) is 12.4. The molecule has 0 aliphatic heterocycles. The van der Waals surface area contributed by atoms with Crippen LogP contribution in [0.5, 0.6) is 17.2 Å². The van der Waals surface area contributed by atoms with Crippen molar-refractivity contribution in [2.75, 3.05) is 21.3 Å². The van der Waals surface area contributed by atoms with E-state index in [1.54, 1.807) is 19.1 Å². The third kappa shape index (κ3) is 3.51. The number of thiocarbonyl (C=S) groups is 1. The standard InChI is InChI=1S/C13H18N2O4S/c1-7(12(14)20)15-13(16)8-5-10(18-3)11(19-4)6-9(8)17-2/h5-7H,1-4H3,(H2,14,20)(H,15,16). The van der Waals surface area contributed by atoms with Gasteiger partial charge in [-0.1, -0.05) is 12.2 Å². The number of hydrogen-bond acceptors (Lipinski definition) is 5. The predicted molar refractivity (Wildman–Crippen MR) is 79.8 cm³/mol. The molecule has 1 amide bonds. The second kappa shape index (κ2) is 6.95. The number of rotatable bonds is 6. The van der Waals surface area contributed by atoms with Gasteiger partial charge in [0.05, 0.1) is 37.9 Å². The molecular formula is C13H18N2O4S. The highest BCUT2D eigenvalue weighted by Gasteiger charge is 2.19. The van der Waals surface area contributed by atoms with Gasteiger partial charge in [0.15, 0.2) is 11.5 Å². The fourth-order valence-corrected chi connectivity index (χ4v) is 1.61. The van der Waals surface area contributed by atoms with E-state index in [1.807, 2.05) is 0 Å². The van der Waals surface area contributed by atoms with Gasteiger partial charge in [0.25, 0.3) is 5.91 Å². The van der Waals surface area contributed by atoms with Crippen molar-refractivity contribution in [3.8, 4) is 17.2 Å². The number of methoxy groups -OCH3 is 3. The summed E-state index contributed by atoms with van der Waals surface area (Å²) in [6.45, 7) is 1.70. The molecule has 0 aromatic heterocycles. The molecule has 0 aliphatic carbocycles. The Morgan fingerprint density at radius 1 is 1.15 bits per heavy atom. The molecule has 0 saturated carbocycles. The van der Waals surface area contributed by atoms with Crippen molar-refractivity contribution in [2.45, 2.75) is 13.0 Å². The van der Waals surface area contributed by atoms with Crippen LogP contribution in [0.2, 0.25) is 0 Å². The minimum absolute atomic E-state index is 0.206. The lowest BCUT2D eigenvalue weighted by atomic mass is 10.1. The first-order valence-electron chi connectivity index (χ1n) is 5.84. The third-order valence-corrected chi connectivity index (χ3v) is 3.08. The Morgan fingerprint density at radius 3 is 2.10 bits per heavy atom. The first kappa shape index (κ1) is 16.0. The predicted octanol–water partition coefficient (Wildman–Crippen LogP) is 1.12. The van der Waals surface area contributed by atoms with Gasteiger partial charge in [0, 0.05) is 12.1 Å². The van der Waals surface area contributed by atoms with Crippen LogP contribution >= 0.6 is 12.2 Å². The molecule has 20 heavy (non-hydrogen) atoms. The van der Waals surface area contributed by atoms with Gasteiger partial charge in [0.2, 0.25) is 0 Å². The summed E-state index contributed by atoms with van der Waals surface area (Å²) in [7, 11) is 4.46. The second-order valence-electron chi connectivity index (χ2n) is 4.00. The minimum atomic E-state index is -0.421. The Kier molecular flexibility index (Phi) is 5.57. The lowest BCUT2D eigenvalue weighted by Gasteiger charge is -2.16. The van der Waals surface area contributed by atoms with Crippen molar-refractivity contribution >= 4 is 23.1 Å². The average molecular weight is 298 g/mol. The summed E-state index contributed by atoms with van der Waals surface area (Å²) >= 11 is 4.82. The number of carbonyl (C=O) groups excluding carboxylic acids is 1. The smallest absolute Gasteiger partial charge is 0.255 e. The Hall–Kier alpha value is -2.02. The molecule has 1 rings (SSSR count). The zero-order chi connectivity index (χ0) is 15.3. The van der Waals surface area contributed by atoms with E-state index in [1.165, 1.54) is 21.3 Å². The van der Waals surface area contributed by atoms with Crippen LogP contribution in [0, 0.1) is 0 Å². The molecule has 0 spiro atoms. The summed E-state index contributed by atoms with van der Waals surface area (Å²) in [5, 5.41) is 2.68. The van der Waals surface area contributed by atoms with Gasteiger partial charge >= 0.3 is 0 Å². The molecule has 1 unspecified atom stereocenters. The fourth-order valence-electron chi connectivity index (χ4n) is 1.55. The maximum Gasteiger partial charge on any atom is 0.255 e. The molecule has 7 heteroatoms. The first-order valence-corrected chi connectivity index (χ1v) is 6.25. The summed E-state index contributed by atoms with van der Waals surface area (Å²) < 4.78 is 15.5. The van der Waals surface area contributed by atoms with Crippen LogP contribution in [0.3, 0.4) is 0 Å². The number of amides is 1. The van der Waals surface area contributed by atoms with Crippen molar-refractivity contribution in [3.63, 3.8) is 0 Å². The van der Waals surface area contributed by atoms with Crippen molar-refractivity contribution in [1.29, 1.82) is 0 Å². The molecule has 0 fully saturated rings. The van der Waals surface area contributed by atoms with Crippen molar-refractivity contribution < 1.29 is 19.0 Å². The Labute approximate surface area is 123 Å².